The zero-order valence-electron chi connectivity index (χ0n) is 6.11. The summed E-state index contributed by atoms with van der Waals surface area (Å²) in [6, 6.07) is 1.47. The summed E-state index contributed by atoms with van der Waals surface area (Å²) in [5.74, 6) is 0. The highest BCUT2D eigenvalue weighted by atomic mass is 79.9. The van der Waals surface area contributed by atoms with Crippen LogP contribution in [0.4, 0.5) is 0 Å². The Morgan fingerprint density at radius 1 is 1.18 bits per heavy atom. The highest BCUT2D eigenvalue weighted by Crippen LogP contribution is 2.14. The lowest BCUT2D eigenvalue weighted by molar-refractivity contribution is 1.11. The third-order valence-corrected chi connectivity index (χ3v) is 1.38. The predicted molar refractivity (Wildman–Crippen MR) is 51.1 cm³/mol. The summed E-state index contributed by atoms with van der Waals surface area (Å²) in [5.41, 5.74) is 0. The molecule has 0 fully saturated rings. The van der Waals surface area contributed by atoms with Gasteiger partial charge in [0.05, 0.1) is 0 Å². The fraction of sp³-hybridized carbons (Fsp3) is 0.333. The first-order valence-electron chi connectivity index (χ1n) is 3.04. The molecule has 11 heavy (non-hydrogen) atoms. The Balaban J connectivity index is 0.000000461. The molecule has 0 saturated heterocycles. The van der Waals surface area contributed by atoms with E-state index in [-0.39, 0.29) is 0 Å². The summed E-state index contributed by atoms with van der Waals surface area (Å²) in [6.45, 7) is 4.00. The largest absolute Gasteiger partial charge is 0.210 e. The van der Waals surface area contributed by atoms with Crippen LogP contribution < -0.4 is 0 Å². The van der Waals surface area contributed by atoms with E-state index in [4.69, 9.17) is 23.2 Å². The van der Waals surface area contributed by atoms with Crippen molar-refractivity contribution in [3.8, 4) is 0 Å². The van der Waals surface area contributed by atoms with Gasteiger partial charge in [-0.3, -0.25) is 0 Å². The van der Waals surface area contributed by atoms with E-state index in [0.717, 1.165) is 0 Å². The minimum atomic E-state index is 0.335. The minimum Gasteiger partial charge on any atom is -0.210 e. The molecular weight excluding hydrogens is 251 g/mol. The van der Waals surface area contributed by atoms with Crippen LogP contribution in [-0.2, 0) is 0 Å². The molecule has 0 unspecified atom stereocenters. The Kier molecular flexibility index (Phi) is 5.82. The van der Waals surface area contributed by atoms with E-state index < -0.39 is 0 Å². The van der Waals surface area contributed by atoms with Crippen LogP contribution in [0.3, 0.4) is 0 Å². The van der Waals surface area contributed by atoms with Crippen molar-refractivity contribution in [3.05, 3.63) is 21.1 Å². The maximum absolute atomic E-state index is 5.48. The Morgan fingerprint density at radius 3 is 1.82 bits per heavy atom. The maximum Gasteiger partial charge on any atom is 0.199 e. The smallest absolute Gasteiger partial charge is 0.199 e. The van der Waals surface area contributed by atoms with E-state index in [2.05, 4.69) is 25.9 Å². The molecule has 0 N–H and O–H groups in total. The molecule has 1 heterocycles. The van der Waals surface area contributed by atoms with Gasteiger partial charge in [-0.25, -0.2) is 9.97 Å². The molecule has 0 aliphatic rings. The third kappa shape index (κ3) is 4.56. The van der Waals surface area contributed by atoms with Gasteiger partial charge in [-0.15, -0.1) is 0 Å². The van der Waals surface area contributed by atoms with Crippen LogP contribution in [0.25, 0.3) is 0 Å². The molecule has 0 aliphatic heterocycles. The third-order valence-electron chi connectivity index (χ3n) is 0.636. The van der Waals surface area contributed by atoms with Crippen molar-refractivity contribution in [3.63, 3.8) is 0 Å². The van der Waals surface area contributed by atoms with Crippen molar-refractivity contribution >= 4 is 39.1 Å². The van der Waals surface area contributed by atoms with E-state index in [0.29, 0.717) is 15.0 Å². The number of aromatic nitrogens is 2. The summed E-state index contributed by atoms with van der Waals surface area (Å²) >= 11 is 14.0. The van der Waals surface area contributed by atoms with Gasteiger partial charge in [-0.2, -0.15) is 0 Å². The number of hydrogen-bond donors (Lipinski definition) is 0. The monoisotopic (exact) mass is 256 g/mol. The molecule has 0 radical (unpaired) electrons. The van der Waals surface area contributed by atoms with Crippen LogP contribution in [0.1, 0.15) is 13.8 Å². The molecule has 1 aromatic heterocycles. The lowest BCUT2D eigenvalue weighted by Gasteiger charge is -1.90. The Hall–Kier alpha value is 0.140. The molecule has 0 bridgehead atoms. The second-order valence-corrected chi connectivity index (χ2v) is 2.77. The van der Waals surface area contributed by atoms with Crippen molar-refractivity contribution < 1.29 is 0 Å². The molecule has 0 atom stereocenters. The number of hydrogen-bond acceptors (Lipinski definition) is 2. The fourth-order valence-corrected chi connectivity index (χ4v) is 1.37. The van der Waals surface area contributed by atoms with Gasteiger partial charge >= 0.3 is 0 Å². The van der Waals surface area contributed by atoms with Crippen molar-refractivity contribution in [1.29, 1.82) is 0 Å². The van der Waals surface area contributed by atoms with Crippen LogP contribution in [0.5, 0.6) is 0 Å². The number of rotatable bonds is 0. The zero-order valence-corrected chi connectivity index (χ0v) is 9.20. The SMILES string of the molecule is CC.Clc1cc(Cl)nc(Br)n1. The van der Waals surface area contributed by atoms with Gasteiger partial charge in [0, 0.05) is 6.07 Å². The Morgan fingerprint density at radius 2 is 1.55 bits per heavy atom. The molecule has 1 rings (SSSR count). The first kappa shape index (κ1) is 11.1. The molecule has 0 aromatic carbocycles. The van der Waals surface area contributed by atoms with Crippen molar-refractivity contribution in [2.24, 2.45) is 0 Å². The second kappa shape index (κ2) is 5.75. The fourth-order valence-electron chi connectivity index (χ4n) is 0.364. The molecular formula is C6H7BrCl2N2. The molecule has 0 spiro atoms. The van der Waals surface area contributed by atoms with Gasteiger partial charge in [0.25, 0.3) is 0 Å². The van der Waals surface area contributed by atoms with Crippen LogP contribution >= 0.6 is 39.1 Å². The average molecular weight is 258 g/mol. The minimum absolute atomic E-state index is 0.335. The van der Waals surface area contributed by atoms with E-state index in [9.17, 15) is 0 Å². The molecule has 5 heteroatoms. The van der Waals surface area contributed by atoms with Crippen LogP contribution in [0.15, 0.2) is 10.8 Å². The second-order valence-electron chi connectivity index (χ2n) is 1.28. The molecule has 0 saturated carbocycles. The number of halogens is 3. The molecule has 2 nitrogen and oxygen atoms in total. The summed E-state index contributed by atoms with van der Waals surface area (Å²) in [5, 5.41) is 0.670. The van der Waals surface area contributed by atoms with Crippen LogP contribution in [0, 0.1) is 0 Å². The van der Waals surface area contributed by atoms with Crippen molar-refractivity contribution in [2.75, 3.05) is 0 Å². The summed E-state index contributed by atoms with van der Waals surface area (Å²) in [7, 11) is 0. The van der Waals surface area contributed by atoms with E-state index >= 15 is 0 Å². The first-order valence-corrected chi connectivity index (χ1v) is 4.59. The van der Waals surface area contributed by atoms with E-state index in [1.807, 2.05) is 13.8 Å². The van der Waals surface area contributed by atoms with Gasteiger partial charge < -0.3 is 0 Å². The summed E-state index contributed by atoms with van der Waals surface area (Å²) in [6.07, 6.45) is 0. The lowest BCUT2D eigenvalue weighted by atomic mass is 10.7. The maximum atomic E-state index is 5.48. The van der Waals surface area contributed by atoms with Gasteiger partial charge in [0.15, 0.2) is 4.73 Å². The molecule has 0 aliphatic carbocycles. The zero-order chi connectivity index (χ0) is 8.85. The average Bonchev–Trinajstić information content (AvgIpc) is 1.88. The van der Waals surface area contributed by atoms with Gasteiger partial charge in [0.2, 0.25) is 0 Å². The van der Waals surface area contributed by atoms with E-state index in [1.54, 1.807) is 0 Å². The topological polar surface area (TPSA) is 25.8 Å². The van der Waals surface area contributed by atoms with Crippen molar-refractivity contribution in [2.45, 2.75) is 13.8 Å². The summed E-state index contributed by atoms with van der Waals surface area (Å²) < 4.78 is 0.403. The number of nitrogens with zero attached hydrogens (tertiary/aromatic N) is 2. The lowest BCUT2D eigenvalue weighted by Crippen LogP contribution is -1.81. The Labute approximate surface area is 84.1 Å². The highest BCUT2D eigenvalue weighted by molar-refractivity contribution is 9.10. The standard InChI is InChI=1S/C4HBrCl2N2.C2H6/c5-4-8-2(6)1-3(7)9-4;1-2/h1H;1-2H3. The van der Waals surface area contributed by atoms with Gasteiger partial charge in [-0.05, 0) is 15.9 Å². The summed E-state index contributed by atoms with van der Waals surface area (Å²) in [4.78, 5) is 7.44. The Bertz CT molecular complexity index is 179. The van der Waals surface area contributed by atoms with E-state index in [1.165, 1.54) is 6.07 Å². The normalized spacial score (nSPS) is 8.45. The van der Waals surface area contributed by atoms with Gasteiger partial charge in [0.1, 0.15) is 10.3 Å². The van der Waals surface area contributed by atoms with Crippen LogP contribution in [0.2, 0.25) is 10.3 Å². The van der Waals surface area contributed by atoms with Gasteiger partial charge in [-0.1, -0.05) is 37.0 Å². The first-order chi connectivity index (χ1) is 5.18. The molecule has 1 aromatic rings. The predicted octanol–water partition coefficient (Wildman–Crippen LogP) is 3.57. The quantitative estimate of drug-likeness (QED) is 0.525. The molecule has 62 valence electrons. The van der Waals surface area contributed by atoms with Crippen molar-refractivity contribution in [1.82, 2.24) is 9.97 Å². The van der Waals surface area contributed by atoms with Crippen LogP contribution in [-0.4, -0.2) is 9.97 Å². The highest BCUT2D eigenvalue weighted by Gasteiger charge is 1.95. The molecule has 0 amide bonds.